The monoisotopic (exact) mass is 551 g/mol. The van der Waals surface area contributed by atoms with Gasteiger partial charge in [-0.15, -0.1) is 11.3 Å². The summed E-state index contributed by atoms with van der Waals surface area (Å²) in [5, 5.41) is 4.14. The van der Waals surface area contributed by atoms with E-state index < -0.39 is 0 Å². The van der Waals surface area contributed by atoms with Gasteiger partial charge in [-0.05, 0) is 73.7 Å². The highest BCUT2D eigenvalue weighted by atomic mass is 32.2. The van der Waals surface area contributed by atoms with Crippen LogP contribution in [0.1, 0.15) is 29.3 Å². The lowest BCUT2D eigenvalue weighted by Crippen LogP contribution is -2.26. The zero-order chi connectivity index (χ0) is 26.6. The first-order valence-electron chi connectivity index (χ1n) is 12.4. The molecule has 0 aliphatic heterocycles. The first-order chi connectivity index (χ1) is 18.5. The third-order valence-corrected chi connectivity index (χ3v) is 8.51. The van der Waals surface area contributed by atoms with Crippen LogP contribution in [0, 0.1) is 0 Å². The number of benzene rings is 2. The molecule has 1 aliphatic rings. The number of nitrogens with zero attached hydrogens (tertiary/aromatic N) is 2. The molecule has 0 atom stereocenters. The predicted molar refractivity (Wildman–Crippen MR) is 151 cm³/mol. The van der Waals surface area contributed by atoms with Gasteiger partial charge in [0.25, 0.3) is 5.56 Å². The Labute approximate surface area is 228 Å². The van der Waals surface area contributed by atoms with Crippen molar-refractivity contribution in [3.8, 4) is 22.9 Å². The van der Waals surface area contributed by atoms with Gasteiger partial charge in [0, 0.05) is 11.4 Å². The number of carbonyl (C=O) groups is 1. The van der Waals surface area contributed by atoms with Crippen molar-refractivity contribution in [2.24, 2.45) is 0 Å². The van der Waals surface area contributed by atoms with Gasteiger partial charge in [0.15, 0.2) is 16.7 Å². The Morgan fingerprint density at radius 2 is 1.89 bits per heavy atom. The van der Waals surface area contributed by atoms with Gasteiger partial charge >= 0.3 is 0 Å². The summed E-state index contributed by atoms with van der Waals surface area (Å²) in [5.41, 5.74) is 2.62. The van der Waals surface area contributed by atoms with Crippen LogP contribution >= 0.6 is 23.1 Å². The van der Waals surface area contributed by atoms with E-state index in [0.717, 1.165) is 41.0 Å². The Hall–Kier alpha value is -3.50. The van der Waals surface area contributed by atoms with Crippen LogP contribution in [0.4, 0.5) is 0 Å². The molecule has 0 saturated carbocycles. The molecule has 8 nitrogen and oxygen atoms in total. The number of thiophene rings is 1. The quantitative estimate of drug-likeness (QED) is 0.224. The smallest absolute Gasteiger partial charge is 0.267 e. The van der Waals surface area contributed by atoms with Crippen molar-refractivity contribution in [3.63, 3.8) is 0 Å². The Kier molecular flexibility index (Phi) is 7.90. The normalized spacial score (nSPS) is 12.4. The number of methoxy groups -OCH3 is 2. The van der Waals surface area contributed by atoms with Gasteiger partial charge in [-0.2, -0.15) is 0 Å². The van der Waals surface area contributed by atoms with E-state index >= 15 is 0 Å². The van der Waals surface area contributed by atoms with Crippen molar-refractivity contribution >= 4 is 39.2 Å². The number of hydrogen-bond donors (Lipinski definition) is 1. The summed E-state index contributed by atoms with van der Waals surface area (Å²) in [4.78, 5) is 33.5. The number of rotatable bonds is 10. The third-order valence-electron chi connectivity index (χ3n) is 6.38. The number of amides is 1. The number of nitrogens with one attached hydrogen (secondary N) is 1. The van der Waals surface area contributed by atoms with Gasteiger partial charge < -0.3 is 19.5 Å². The summed E-state index contributed by atoms with van der Waals surface area (Å²) in [7, 11) is 3.16. The molecule has 0 unspecified atom stereocenters. The molecule has 2 aromatic heterocycles. The molecule has 2 aromatic carbocycles. The lowest BCUT2D eigenvalue weighted by molar-refractivity contribution is -0.118. The number of hydrogen-bond acceptors (Lipinski definition) is 8. The molecule has 0 bridgehead atoms. The minimum atomic E-state index is -0.161. The molecule has 198 valence electrons. The van der Waals surface area contributed by atoms with Crippen molar-refractivity contribution in [3.05, 3.63) is 68.8 Å². The number of carbonyl (C=O) groups excluding carboxylic acids is 1. The first-order valence-corrected chi connectivity index (χ1v) is 14.2. The van der Waals surface area contributed by atoms with Crippen LogP contribution in [-0.4, -0.2) is 42.0 Å². The SMILES string of the molecule is CCOc1ccc(-n2c(SCC(=O)NCc3ccc(OC)c(OC)c3)nc3sc4c(c3c2=O)CCC4)cc1. The number of fused-ring (bicyclic) bond motifs is 3. The summed E-state index contributed by atoms with van der Waals surface area (Å²) in [6, 6.07) is 12.9. The van der Waals surface area contributed by atoms with E-state index in [9.17, 15) is 9.59 Å². The van der Waals surface area contributed by atoms with Crippen LogP contribution in [0.5, 0.6) is 17.2 Å². The van der Waals surface area contributed by atoms with Gasteiger partial charge in [0.05, 0.1) is 37.7 Å². The predicted octanol–water partition coefficient (Wildman–Crippen LogP) is 4.76. The second-order valence-corrected chi connectivity index (χ2v) is 10.8. The fourth-order valence-corrected chi connectivity index (χ4v) is 6.72. The van der Waals surface area contributed by atoms with E-state index in [4.69, 9.17) is 19.2 Å². The lowest BCUT2D eigenvalue weighted by Gasteiger charge is -2.13. The minimum Gasteiger partial charge on any atom is -0.494 e. The second-order valence-electron chi connectivity index (χ2n) is 8.75. The van der Waals surface area contributed by atoms with Crippen LogP contribution in [0.2, 0.25) is 0 Å². The van der Waals surface area contributed by atoms with Crippen molar-refractivity contribution < 1.29 is 19.0 Å². The third kappa shape index (κ3) is 5.23. The lowest BCUT2D eigenvalue weighted by atomic mass is 10.2. The number of ether oxygens (including phenoxy) is 3. The van der Waals surface area contributed by atoms with E-state index in [0.29, 0.717) is 40.9 Å². The van der Waals surface area contributed by atoms with Gasteiger partial charge in [0.2, 0.25) is 5.91 Å². The summed E-state index contributed by atoms with van der Waals surface area (Å²) in [6.45, 7) is 2.83. The number of aryl methyl sites for hydroxylation is 2. The zero-order valence-corrected chi connectivity index (χ0v) is 23.2. The largest absolute Gasteiger partial charge is 0.494 e. The standard InChI is InChI=1S/C28H29N3O5S2/c1-4-36-19-11-9-18(10-12-19)31-27(33)25-20-6-5-7-23(20)38-26(25)30-28(31)37-16-24(32)29-15-17-8-13-21(34-2)22(14-17)35-3/h8-14H,4-7,15-16H2,1-3H3,(H,29,32). The zero-order valence-electron chi connectivity index (χ0n) is 21.5. The molecule has 0 fully saturated rings. The highest BCUT2D eigenvalue weighted by Crippen LogP contribution is 2.36. The van der Waals surface area contributed by atoms with E-state index in [2.05, 4.69) is 5.32 Å². The molecule has 0 saturated heterocycles. The molecular formula is C28H29N3O5S2. The molecule has 1 amide bonds. The minimum absolute atomic E-state index is 0.0909. The average molecular weight is 552 g/mol. The number of aromatic nitrogens is 2. The summed E-state index contributed by atoms with van der Waals surface area (Å²) < 4.78 is 17.8. The highest BCUT2D eigenvalue weighted by Gasteiger charge is 2.24. The van der Waals surface area contributed by atoms with Crippen molar-refractivity contribution in [2.45, 2.75) is 37.9 Å². The van der Waals surface area contributed by atoms with Crippen molar-refractivity contribution in [1.82, 2.24) is 14.9 Å². The molecule has 1 N–H and O–H groups in total. The van der Waals surface area contributed by atoms with Gasteiger partial charge in [-0.25, -0.2) is 4.98 Å². The maximum absolute atomic E-state index is 13.8. The Bertz CT molecular complexity index is 1530. The Balaban J connectivity index is 1.39. The molecule has 0 spiro atoms. The molecule has 10 heteroatoms. The molecule has 1 aliphatic carbocycles. The van der Waals surface area contributed by atoms with Crippen molar-refractivity contribution in [2.75, 3.05) is 26.6 Å². The summed E-state index contributed by atoms with van der Waals surface area (Å²) in [6.07, 6.45) is 2.96. The number of thioether (sulfide) groups is 1. The van der Waals surface area contributed by atoms with Crippen molar-refractivity contribution in [1.29, 1.82) is 0 Å². The van der Waals surface area contributed by atoms with Gasteiger partial charge in [-0.3, -0.25) is 14.2 Å². The topological polar surface area (TPSA) is 91.7 Å². The maximum atomic E-state index is 13.8. The van der Waals surface area contributed by atoms with Crippen LogP contribution in [-0.2, 0) is 24.2 Å². The van der Waals surface area contributed by atoms with Crippen LogP contribution in [0.3, 0.4) is 0 Å². The van der Waals surface area contributed by atoms with Crippen LogP contribution in [0.25, 0.3) is 15.9 Å². The van der Waals surface area contributed by atoms with Gasteiger partial charge in [-0.1, -0.05) is 17.8 Å². The molecule has 2 heterocycles. The fourth-order valence-electron chi connectivity index (χ4n) is 4.58. The van der Waals surface area contributed by atoms with E-state index in [1.165, 1.54) is 16.6 Å². The van der Waals surface area contributed by atoms with E-state index in [1.54, 1.807) is 30.1 Å². The molecule has 38 heavy (non-hydrogen) atoms. The molecule has 4 aromatic rings. The maximum Gasteiger partial charge on any atom is 0.267 e. The van der Waals surface area contributed by atoms with E-state index in [1.807, 2.05) is 49.4 Å². The van der Waals surface area contributed by atoms with Crippen LogP contribution < -0.4 is 25.1 Å². The average Bonchev–Trinajstić information content (AvgIpc) is 3.52. The van der Waals surface area contributed by atoms with Gasteiger partial charge in [0.1, 0.15) is 10.6 Å². The highest BCUT2D eigenvalue weighted by molar-refractivity contribution is 7.99. The van der Waals surface area contributed by atoms with E-state index in [-0.39, 0.29) is 17.2 Å². The Morgan fingerprint density at radius 3 is 2.63 bits per heavy atom. The molecule has 0 radical (unpaired) electrons. The molecule has 5 rings (SSSR count). The van der Waals surface area contributed by atoms with Crippen LogP contribution in [0.15, 0.2) is 52.4 Å². The Morgan fingerprint density at radius 1 is 1.11 bits per heavy atom. The molecular weight excluding hydrogens is 522 g/mol. The summed E-state index contributed by atoms with van der Waals surface area (Å²) in [5.74, 6) is 1.93. The fraction of sp³-hybridized carbons (Fsp3) is 0.321. The first kappa shape index (κ1) is 26.1. The second kappa shape index (κ2) is 11.5. The summed E-state index contributed by atoms with van der Waals surface area (Å²) >= 11 is 2.85.